The maximum absolute atomic E-state index is 12.8. The number of allylic oxidation sites excluding steroid dienone is 12. The van der Waals surface area contributed by atoms with Gasteiger partial charge in [0.2, 0.25) is 0 Å². The molecule has 1 unspecified atom stereocenters. The van der Waals surface area contributed by atoms with Gasteiger partial charge in [-0.3, -0.25) is 14.4 Å². The van der Waals surface area contributed by atoms with Crippen molar-refractivity contribution in [3.8, 4) is 0 Å². The summed E-state index contributed by atoms with van der Waals surface area (Å²) in [6.07, 6.45) is 66.0. The Balaban J connectivity index is 4.37. The van der Waals surface area contributed by atoms with Gasteiger partial charge in [-0.2, -0.15) is 0 Å². The molecule has 0 N–H and O–H groups in total. The minimum atomic E-state index is -0.788. The Hall–Kier alpha value is -3.15. The number of hydrogen-bond acceptors (Lipinski definition) is 6. The minimum absolute atomic E-state index is 0.0877. The van der Waals surface area contributed by atoms with Crippen LogP contribution in [0.3, 0.4) is 0 Å². The zero-order valence-corrected chi connectivity index (χ0v) is 42.0. The monoisotopic (exact) mass is 893 g/mol. The van der Waals surface area contributed by atoms with Gasteiger partial charge in [-0.05, 0) is 109 Å². The van der Waals surface area contributed by atoms with E-state index in [1.165, 1.54) is 116 Å². The van der Waals surface area contributed by atoms with Gasteiger partial charge in [0.15, 0.2) is 6.10 Å². The molecule has 0 fully saturated rings. The second-order valence-electron chi connectivity index (χ2n) is 17.8. The molecule has 0 aliphatic carbocycles. The molecular formula is C58H100O6. The van der Waals surface area contributed by atoms with Gasteiger partial charge in [0.25, 0.3) is 0 Å². The van der Waals surface area contributed by atoms with E-state index in [0.717, 1.165) is 103 Å². The molecule has 0 aliphatic rings. The van der Waals surface area contributed by atoms with Crippen molar-refractivity contribution in [2.75, 3.05) is 13.2 Å². The molecule has 0 aromatic carbocycles. The Labute approximate surface area is 395 Å². The third-order valence-electron chi connectivity index (χ3n) is 11.4. The summed E-state index contributed by atoms with van der Waals surface area (Å²) in [5, 5.41) is 0. The van der Waals surface area contributed by atoms with Gasteiger partial charge in [0.05, 0.1) is 0 Å². The van der Waals surface area contributed by atoms with Crippen LogP contribution in [-0.4, -0.2) is 37.2 Å². The topological polar surface area (TPSA) is 78.9 Å². The molecule has 0 aromatic heterocycles. The smallest absolute Gasteiger partial charge is 0.306 e. The summed E-state index contributed by atoms with van der Waals surface area (Å²) >= 11 is 0. The van der Waals surface area contributed by atoms with Crippen molar-refractivity contribution >= 4 is 17.9 Å². The molecule has 0 amide bonds. The third-order valence-corrected chi connectivity index (χ3v) is 11.4. The van der Waals surface area contributed by atoms with Crippen molar-refractivity contribution in [3.05, 3.63) is 72.9 Å². The van der Waals surface area contributed by atoms with Crippen molar-refractivity contribution in [3.63, 3.8) is 0 Å². The first kappa shape index (κ1) is 60.9. The highest BCUT2D eigenvalue weighted by molar-refractivity contribution is 5.71. The molecule has 1 atom stereocenters. The summed E-state index contributed by atoms with van der Waals surface area (Å²) in [6, 6.07) is 0. The fourth-order valence-corrected chi connectivity index (χ4v) is 7.30. The first-order chi connectivity index (χ1) is 31.5. The van der Waals surface area contributed by atoms with Crippen molar-refractivity contribution < 1.29 is 28.6 Å². The molecule has 0 rings (SSSR count). The van der Waals surface area contributed by atoms with Crippen molar-refractivity contribution in [1.82, 2.24) is 0 Å². The summed E-state index contributed by atoms with van der Waals surface area (Å²) < 4.78 is 16.8. The number of unbranched alkanes of at least 4 members (excludes halogenated alkanes) is 25. The molecule has 6 heteroatoms. The third kappa shape index (κ3) is 49.9. The van der Waals surface area contributed by atoms with Crippen molar-refractivity contribution in [2.24, 2.45) is 0 Å². The SMILES string of the molecule is CCC/C=C\CCCCCCCC(=O)OCC(COC(=O)CCCCCCCC/C=C\C/C=C\C/C=C\CCCCC)OC(=O)CCCCCCCCC/C=C\C/C=C\CCCCC. The zero-order chi connectivity index (χ0) is 46.5. The fourth-order valence-electron chi connectivity index (χ4n) is 7.30. The van der Waals surface area contributed by atoms with Gasteiger partial charge in [0.1, 0.15) is 13.2 Å². The average molecular weight is 893 g/mol. The van der Waals surface area contributed by atoms with E-state index in [2.05, 4.69) is 93.7 Å². The highest BCUT2D eigenvalue weighted by atomic mass is 16.6. The Morgan fingerprint density at radius 1 is 0.312 bits per heavy atom. The van der Waals surface area contributed by atoms with E-state index in [9.17, 15) is 14.4 Å². The summed E-state index contributed by atoms with van der Waals surface area (Å²) in [5.74, 6) is -0.916. The number of carbonyl (C=O) groups excluding carboxylic acids is 3. The first-order valence-electron chi connectivity index (χ1n) is 26.9. The Bertz CT molecular complexity index is 1210. The predicted octanol–water partition coefficient (Wildman–Crippen LogP) is 17.8. The van der Waals surface area contributed by atoms with Crippen LogP contribution in [0, 0.1) is 0 Å². The lowest BCUT2D eigenvalue weighted by Crippen LogP contribution is -2.30. The Morgan fingerprint density at radius 3 is 0.953 bits per heavy atom. The van der Waals surface area contributed by atoms with Gasteiger partial charge in [0, 0.05) is 19.3 Å². The Morgan fingerprint density at radius 2 is 0.594 bits per heavy atom. The quantitative estimate of drug-likeness (QED) is 0.0262. The van der Waals surface area contributed by atoms with E-state index in [1.54, 1.807) is 0 Å². The zero-order valence-electron chi connectivity index (χ0n) is 42.0. The van der Waals surface area contributed by atoms with E-state index < -0.39 is 6.10 Å². The first-order valence-corrected chi connectivity index (χ1v) is 26.9. The number of ether oxygens (including phenoxy) is 3. The molecule has 0 spiro atoms. The summed E-state index contributed by atoms with van der Waals surface area (Å²) in [4.78, 5) is 38.0. The van der Waals surface area contributed by atoms with Gasteiger partial charge < -0.3 is 14.2 Å². The van der Waals surface area contributed by atoms with Crippen LogP contribution in [0.5, 0.6) is 0 Å². The number of carbonyl (C=O) groups is 3. The summed E-state index contributed by atoms with van der Waals surface area (Å²) in [7, 11) is 0. The lowest BCUT2D eigenvalue weighted by atomic mass is 10.1. The molecule has 0 radical (unpaired) electrons. The number of rotatable bonds is 48. The van der Waals surface area contributed by atoms with Crippen molar-refractivity contribution in [1.29, 1.82) is 0 Å². The molecular weight excluding hydrogens is 793 g/mol. The Kier molecular flexibility index (Phi) is 49.9. The highest BCUT2D eigenvalue weighted by Gasteiger charge is 2.19. The van der Waals surface area contributed by atoms with Gasteiger partial charge in [-0.15, -0.1) is 0 Å². The fraction of sp³-hybridized carbons (Fsp3) is 0.741. The van der Waals surface area contributed by atoms with Crippen LogP contribution >= 0.6 is 0 Å². The van der Waals surface area contributed by atoms with E-state index in [-0.39, 0.29) is 31.1 Å². The summed E-state index contributed by atoms with van der Waals surface area (Å²) in [5.41, 5.74) is 0. The standard InChI is InChI=1S/C58H100O6/c1-4-7-10-13-16-19-22-24-26-28-29-31-32-34-36-39-42-45-48-51-57(60)63-54-55(53-62-56(59)50-47-44-41-38-21-18-15-12-9-6-3)64-58(61)52-49-46-43-40-37-35-33-30-27-25-23-20-17-14-11-8-5-2/h12,15-17,19-20,24-27,29,31,55H,4-11,13-14,18,21-23,28,30,32-54H2,1-3H3/b15-12-,19-16-,20-17-,26-24-,27-25-,31-29-. The highest BCUT2D eigenvalue weighted by Crippen LogP contribution is 2.14. The molecule has 0 saturated heterocycles. The molecule has 368 valence electrons. The number of hydrogen-bond donors (Lipinski definition) is 0. The van der Waals surface area contributed by atoms with E-state index in [0.29, 0.717) is 19.3 Å². The van der Waals surface area contributed by atoms with Crippen molar-refractivity contribution in [2.45, 2.75) is 264 Å². The van der Waals surface area contributed by atoms with E-state index in [4.69, 9.17) is 14.2 Å². The van der Waals surface area contributed by atoms with Gasteiger partial charge >= 0.3 is 17.9 Å². The molecule has 64 heavy (non-hydrogen) atoms. The molecule has 0 aliphatic heterocycles. The minimum Gasteiger partial charge on any atom is -0.462 e. The van der Waals surface area contributed by atoms with Crippen LogP contribution in [0.25, 0.3) is 0 Å². The number of esters is 3. The molecule has 0 heterocycles. The molecule has 6 nitrogen and oxygen atoms in total. The van der Waals surface area contributed by atoms with Crippen LogP contribution < -0.4 is 0 Å². The maximum atomic E-state index is 12.8. The summed E-state index contributed by atoms with van der Waals surface area (Å²) in [6.45, 7) is 6.50. The normalized spacial score (nSPS) is 12.6. The second kappa shape index (κ2) is 52.5. The van der Waals surface area contributed by atoms with Crippen LogP contribution in [0.15, 0.2) is 72.9 Å². The van der Waals surface area contributed by atoms with E-state index >= 15 is 0 Å². The largest absolute Gasteiger partial charge is 0.462 e. The van der Waals surface area contributed by atoms with E-state index in [1.807, 2.05) is 0 Å². The van der Waals surface area contributed by atoms with Gasteiger partial charge in [-0.1, -0.05) is 203 Å². The average Bonchev–Trinajstić information content (AvgIpc) is 3.29. The maximum Gasteiger partial charge on any atom is 0.306 e. The lowest BCUT2D eigenvalue weighted by Gasteiger charge is -2.18. The molecule has 0 saturated carbocycles. The van der Waals surface area contributed by atoms with Crippen LogP contribution in [0.2, 0.25) is 0 Å². The van der Waals surface area contributed by atoms with Gasteiger partial charge in [-0.25, -0.2) is 0 Å². The van der Waals surface area contributed by atoms with Crippen LogP contribution in [0.4, 0.5) is 0 Å². The van der Waals surface area contributed by atoms with Crippen LogP contribution in [0.1, 0.15) is 258 Å². The predicted molar refractivity (Wildman–Crippen MR) is 274 cm³/mol. The van der Waals surface area contributed by atoms with Crippen LogP contribution in [-0.2, 0) is 28.6 Å². The lowest BCUT2D eigenvalue weighted by molar-refractivity contribution is -0.167. The molecule has 0 bridgehead atoms. The molecule has 0 aromatic rings. The second-order valence-corrected chi connectivity index (χ2v) is 17.8.